The van der Waals surface area contributed by atoms with E-state index in [0.717, 1.165) is 0 Å². The summed E-state index contributed by atoms with van der Waals surface area (Å²) in [6, 6.07) is 4.20. The van der Waals surface area contributed by atoms with Gasteiger partial charge in [0.25, 0.3) is 0 Å². The van der Waals surface area contributed by atoms with Crippen LogP contribution in [0.15, 0.2) is 18.2 Å². The Hall–Kier alpha value is -1.50. The number of hydrogen-bond donors (Lipinski definition) is 4. The Bertz CT molecular complexity index is 482. The Kier molecular flexibility index (Phi) is 5.88. The van der Waals surface area contributed by atoms with Gasteiger partial charge in [0.1, 0.15) is 0 Å². The number of rotatable bonds is 5. The van der Waals surface area contributed by atoms with Crippen LogP contribution in [0, 0.1) is 0 Å². The molecule has 1 aromatic carbocycles. The van der Waals surface area contributed by atoms with Crippen molar-refractivity contribution in [3.8, 4) is 0 Å². The van der Waals surface area contributed by atoms with Crippen molar-refractivity contribution in [2.75, 3.05) is 11.9 Å². The lowest BCUT2D eigenvalue weighted by Gasteiger charge is -2.10. The quantitative estimate of drug-likeness (QED) is 0.668. The average molecular weight is 307 g/mol. The monoisotopic (exact) mass is 306 g/mol. The molecule has 6 nitrogen and oxygen atoms in total. The lowest BCUT2D eigenvalue weighted by molar-refractivity contribution is -0.146. The van der Waals surface area contributed by atoms with Crippen LogP contribution in [-0.4, -0.2) is 34.9 Å². The van der Waals surface area contributed by atoms with Gasteiger partial charge >= 0.3 is 12.0 Å². The molecule has 0 saturated carbocycles. The number of carbonyl (C=O) groups excluding carboxylic acids is 1. The van der Waals surface area contributed by atoms with E-state index < -0.39 is 18.1 Å². The van der Waals surface area contributed by atoms with Crippen molar-refractivity contribution in [1.29, 1.82) is 0 Å². The molecule has 0 fully saturated rings. The molecule has 2 amide bonds. The minimum absolute atomic E-state index is 0.0114. The van der Waals surface area contributed by atoms with Crippen LogP contribution in [0.1, 0.15) is 6.42 Å². The molecular formula is C11H12Cl2N2O4. The van der Waals surface area contributed by atoms with E-state index in [4.69, 9.17) is 33.4 Å². The van der Waals surface area contributed by atoms with Crippen LogP contribution in [0.25, 0.3) is 0 Å². The number of carbonyl (C=O) groups is 2. The summed E-state index contributed by atoms with van der Waals surface area (Å²) >= 11 is 11.6. The molecule has 0 aromatic heterocycles. The van der Waals surface area contributed by atoms with Crippen molar-refractivity contribution < 1.29 is 19.8 Å². The number of aliphatic carboxylic acids is 1. The molecule has 104 valence electrons. The number of anilines is 1. The Morgan fingerprint density at radius 3 is 2.63 bits per heavy atom. The highest BCUT2D eigenvalue weighted by Crippen LogP contribution is 2.29. The molecule has 0 aliphatic carbocycles. The maximum atomic E-state index is 11.5. The van der Waals surface area contributed by atoms with Gasteiger partial charge in [0.2, 0.25) is 0 Å². The van der Waals surface area contributed by atoms with Crippen LogP contribution in [0.4, 0.5) is 10.5 Å². The first-order chi connectivity index (χ1) is 8.91. The van der Waals surface area contributed by atoms with E-state index in [1.165, 1.54) is 0 Å². The molecule has 4 N–H and O–H groups in total. The van der Waals surface area contributed by atoms with Gasteiger partial charge in [-0.15, -0.1) is 0 Å². The van der Waals surface area contributed by atoms with Gasteiger partial charge in [0, 0.05) is 13.0 Å². The highest BCUT2D eigenvalue weighted by molar-refractivity contribution is 6.43. The number of hydrogen-bond acceptors (Lipinski definition) is 3. The molecule has 1 aromatic rings. The van der Waals surface area contributed by atoms with Gasteiger partial charge in [-0.3, -0.25) is 0 Å². The van der Waals surface area contributed by atoms with E-state index in [1.54, 1.807) is 18.2 Å². The Morgan fingerprint density at radius 2 is 2.00 bits per heavy atom. The first-order valence-corrected chi connectivity index (χ1v) is 6.07. The maximum Gasteiger partial charge on any atom is 0.332 e. The van der Waals surface area contributed by atoms with Gasteiger partial charge < -0.3 is 20.8 Å². The van der Waals surface area contributed by atoms with Gasteiger partial charge in [-0.2, -0.15) is 0 Å². The molecule has 0 spiro atoms. The lowest BCUT2D eigenvalue weighted by Crippen LogP contribution is -2.33. The summed E-state index contributed by atoms with van der Waals surface area (Å²) < 4.78 is 0. The first-order valence-electron chi connectivity index (χ1n) is 5.31. The summed E-state index contributed by atoms with van der Waals surface area (Å²) in [5.41, 5.74) is 0.338. The molecule has 0 heterocycles. The highest BCUT2D eigenvalue weighted by atomic mass is 35.5. The standard InChI is InChI=1S/C11H12Cl2N2O4/c12-6-2-1-3-7(9(6)13)15-11(19)14-5-4-8(16)10(17)18/h1-3,8,16H,4-5H2,(H,17,18)(H2,14,15,19)/t8-/m0/s1. The molecule has 0 aliphatic heterocycles. The molecule has 0 saturated heterocycles. The normalized spacial score (nSPS) is 11.7. The Morgan fingerprint density at radius 1 is 1.32 bits per heavy atom. The molecule has 1 rings (SSSR count). The zero-order chi connectivity index (χ0) is 14.4. The Labute approximate surface area is 119 Å². The zero-order valence-electron chi connectivity index (χ0n) is 9.69. The molecular weight excluding hydrogens is 295 g/mol. The third-order valence-electron chi connectivity index (χ3n) is 2.19. The van der Waals surface area contributed by atoms with Crippen molar-refractivity contribution >= 4 is 40.9 Å². The predicted octanol–water partition coefficient (Wildman–Crippen LogP) is 1.95. The number of amides is 2. The van der Waals surface area contributed by atoms with Crippen molar-refractivity contribution in [2.45, 2.75) is 12.5 Å². The molecule has 8 heteroatoms. The van der Waals surface area contributed by atoms with Gasteiger partial charge in [-0.25, -0.2) is 9.59 Å². The van der Waals surface area contributed by atoms with Crippen LogP contribution in [0.3, 0.4) is 0 Å². The highest BCUT2D eigenvalue weighted by Gasteiger charge is 2.13. The van der Waals surface area contributed by atoms with E-state index in [0.29, 0.717) is 10.7 Å². The number of nitrogens with one attached hydrogen (secondary N) is 2. The summed E-state index contributed by atoms with van der Waals surface area (Å²) in [6.45, 7) is 0.0114. The summed E-state index contributed by atoms with van der Waals surface area (Å²) in [6.07, 6.45) is -1.60. The van der Waals surface area contributed by atoms with Crippen LogP contribution in [0.2, 0.25) is 10.0 Å². The maximum absolute atomic E-state index is 11.5. The van der Waals surface area contributed by atoms with E-state index in [9.17, 15) is 9.59 Å². The number of aliphatic hydroxyl groups is 1. The van der Waals surface area contributed by atoms with Gasteiger partial charge in [-0.05, 0) is 12.1 Å². The summed E-state index contributed by atoms with van der Waals surface area (Å²) in [4.78, 5) is 21.8. The second kappa shape index (κ2) is 7.18. The number of carboxylic acid groups (broad SMARTS) is 1. The summed E-state index contributed by atoms with van der Waals surface area (Å²) in [5, 5.41) is 22.8. The average Bonchev–Trinajstić information content (AvgIpc) is 2.34. The molecule has 0 radical (unpaired) electrons. The van der Waals surface area contributed by atoms with Gasteiger partial charge in [0.05, 0.1) is 15.7 Å². The number of carboxylic acids is 1. The third-order valence-corrected chi connectivity index (χ3v) is 3.01. The van der Waals surface area contributed by atoms with Gasteiger partial charge in [0.15, 0.2) is 6.10 Å². The van der Waals surface area contributed by atoms with Crippen molar-refractivity contribution in [1.82, 2.24) is 5.32 Å². The molecule has 0 unspecified atom stereocenters. The van der Waals surface area contributed by atoms with Crippen LogP contribution >= 0.6 is 23.2 Å². The molecule has 19 heavy (non-hydrogen) atoms. The summed E-state index contributed by atoms with van der Waals surface area (Å²) in [5.74, 6) is -1.33. The number of halogens is 2. The number of aliphatic hydroxyl groups excluding tert-OH is 1. The number of urea groups is 1. The fraction of sp³-hybridized carbons (Fsp3) is 0.273. The van der Waals surface area contributed by atoms with E-state index in [-0.39, 0.29) is 18.0 Å². The van der Waals surface area contributed by atoms with E-state index >= 15 is 0 Å². The zero-order valence-corrected chi connectivity index (χ0v) is 11.2. The largest absolute Gasteiger partial charge is 0.479 e. The summed E-state index contributed by atoms with van der Waals surface area (Å²) in [7, 11) is 0. The topological polar surface area (TPSA) is 98.7 Å². The molecule has 0 aliphatic rings. The second-order valence-electron chi connectivity index (χ2n) is 3.62. The van der Waals surface area contributed by atoms with Crippen LogP contribution < -0.4 is 10.6 Å². The molecule has 0 bridgehead atoms. The molecule has 1 atom stereocenters. The van der Waals surface area contributed by atoms with Crippen LogP contribution in [-0.2, 0) is 4.79 Å². The van der Waals surface area contributed by atoms with Crippen LogP contribution in [0.5, 0.6) is 0 Å². The van der Waals surface area contributed by atoms with Gasteiger partial charge in [-0.1, -0.05) is 29.3 Å². The first kappa shape index (κ1) is 15.6. The third kappa shape index (κ3) is 4.94. The van der Waals surface area contributed by atoms with E-state index in [1.807, 2.05) is 0 Å². The van der Waals surface area contributed by atoms with Crippen molar-refractivity contribution in [3.05, 3.63) is 28.2 Å². The van der Waals surface area contributed by atoms with Crippen molar-refractivity contribution in [2.24, 2.45) is 0 Å². The SMILES string of the molecule is O=C(NCC[C@H](O)C(=O)O)Nc1cccc(Cl)c1Cl. The van der Waals surface area contributed by atoms with Crippen molar-refractivity contribution in [3.63, 3.8) is 0 Å². The minimum atomic E-state index is -1.50. The van der Waals surface area contributed by atoms with E-state index in [2.05, 4.69) is 10.6 Å². The fourth-order valence-electron chi connectivity index (χ4n) is 1.21. The fourth-order valence-corrected chi connectivity index (χ4v) is 1.56. The lowest BCUT2D eigenvalue weighted by atomic mass is 10.2. The second-order valence-corrected chi connectivity index (χ2v) is 4.41. The smallest absolute Gasteiger partial charge is 0.332 e. The minimum Gasteiger partial charge on any atom is -0.479 e. The number of benzene rings is 1. The predicted molar refractivity (Wildman–Crippen MR) is 71.7 cm³/mol. The Balaban J connectivity index is 2.43.